The van der Waals surface area contributed by atoms with E-state index >= 15 is 0 Å². The minimum Gasteiger partial charge on any atom is -0.477 e. The van der Waals surface area contributed by atoms with Gasteiger partial charge in [-0.3, -0.25) is 0 Å². The second-order valence-electron chi connectivity index (χ2n) is 3.13. The van der Waals surface area contributed by atoms with Gasteiger partial charge >= 0.3 is 5.97 Å². The molecule has 12 heavy (non-hydrogen) atoms. The van der Waals surface area contributed by atoms with Gasteiger partial charge in [0.25, 0.3) is 0 Å². The second kappa shape index (κ2) is 2.31. The average Bonchev–Trinajstić information content (AvgIpc) is 2.61. The fraction of sp³-hybridized carbons (Fsp3) is 0.375. The van der Waals surface area contributed by atoms with Gasteiger partial charge in [0.15, 0.2) is 0 Å². The van der Waals surface area contributed by atoms with E-state index in [1.807, 2.05) is 6.07 Å². The minimum absolute atomic E-state index is 0.196. The van der Waals surface area contributed by atoms with Crippen LogP contribution >= 0.6 is 11.3 Å². The van der Waals surface area contributed by atoms with Gasteiger partial charge in [-0.1, -0.05) is 0 Å². The third kappa shape index (κ3) is 1.13. The summed E-state index contributed by atoms with van der Waals surface area (Å²) in [7, 11) is 0. The van der Waals surface area contributed by atoms with Crippen molar-refractivity contribution in [1.29, 1.82) is 0 Å². The summed E-state index contributed by atoms with van der Waals surface area (Å²) in [6, 6.07) is 3.44. The van der Waals surface area contributed by atoms with Gasteiger partial charge in [-0.25, -0.2) is 4.79 Å². The highest BCUT2D eigenvalue weighted by Gasteiger charge is 2.41. The third-order valence-corrected chi connectivity index (χ3v) is 3.39. The molecule has 0 spiro atoms. The standard InChI is InChI=1S/C8H9NO2S/c9-8(3-4-8)6-2-1-5(12-6)7(10)11/h1-2H,3-4,9H2,(H,10,11). The number of hydrogen-bond acceptors (Lipinski definition) is 3. The molecule has 1 heterocycles. The zero-order chi connectivity index (χ0) is 8.77. The summed E-state index contributed by atoms with van der Waals surface area (Å²) in [5.41, 5.74) is 5.70. The van der Waals surface area contributed by atoms with Gasteiger partial charge in [-0.2, -0.15) is 0 Å². The SMILES string of the molecule is NC1(c2ccc(C(=O)O)s2)CC1. The molecule has 1 fully saturated rings. The summed E-state index contributed by atoms with van der Waals surface area (Å²) in [4.78, 5) is 11.9. The number of nitrogens with two attached hydrogens (primary N) is 1. The molecule has 4 heteroatoms. The quantitative estimate of drug-likeness (QED) is 0.728. The Morgan fingerprint density at radius 1 is 1.58 bits per heavy atom. The number of thiophene rings is 1. The van der Waals surface area contributed by atoms with Gasteiger partial charge in [-0.05, 0) is 25.0 Å². The molecule has 1 aliphatic carbocycles. The molecule has 64 valence electrons. The number of hydrogen-bond donors (Lipinski definition) is 2. The molecule has 3 N–H and O–H groups in total. The Hall–Kier alpha value is -0.870. The molecule has 1 aliphatic rings. The molecule has 1 saturated carbocycles. The highest BCUT2D eigenvalue weighted by Crippen LogP contribution is 2.45. The maximum atomic E-state index is 10.5. The number of aromatic carboxylic acids is 1. The monoisotopic (exact) mass is 183 g/mol. The van der Waals surface area contributed by atoms with Crippen molar-refractivity contribution < 1.29 is 9.90 Å². The highest BCUT2D eigenvalue weighted by atomic mass is 32.1. The Morgan fingerprint density at radius 3 is 2.67 bits per heavy atom. The van der Waals surface area contributed by atoms with Gasteiger partial charge < -0.3 is 10.8 Å². The summed E-state index contributed by atoms with van der Waals surface area (Å²) in [5, 5.41) is 8.65. The number of carbonyl (C=O) groups is 1. The van der Waals surface area contributed by atoms with Crippen molar-refractivity contribution in [1.82, 2.24) is 0 Å². The lowest BCUT2D eigenvalue weighted by molar-refractivity contribution is 0.0702. The molecule has 1 aromatic rings. The predicted octanol–water partition coefficient (Wildman–Crippen LogP) is 1.39. The highest BCUT2D eigenvalue weighted by molar-refractivity contribution is 7.14. The topological polar surface area (TPSA) is 63.3 Å². The molecule has 3 nitrogen and oxygen atoms in total. The zero-order valence-electron chi connectivity index (χ0n) is 6.41. The molecule has 0 unspecified atom stereocenters. The molecule has 0 aliphatic heterocycles. The van der Waals surface area contributed by atoms with Crippen LogP contribution in [-0.4, -0.2) is 11.1 Å². The van der Waals surface area contributed by atoms with Crippen LogP contribution in [0.3, 0.4) is 0 Å². The maximum Gasteiger partial charge on any atom is 0.345 e. The van der Waals surface area contributed by atoms with E-state index in [4.69, 9.17) is 10.8 Å². The number of carboxylic acids is 1. The lowest BCUT2D eigenvalue weighted by Crippen LogP contribution is -2.16. The van der Waals surface area contributed by atoms with Gasteiger partial charge in [0.2, 0.25) is 0 Å². The number of carboxylic acid groups (broad SMARTS) is 1. The van der Waals surface area contributed by atoms with Crippen LogP contribution in [0, 0.1) is 0 Å². The average molecular weight is 183 g/mol. The Bertz CT molecular complexity index is 328. The van der Waals surface area contributed by atoms with Crippen molar-refractivity contribution in [3.05, 3.63) is 21.9 Å². The Labute approximate surface area is 73.8 Å². The molecule has 1 aromatic heterocycles. The lowest BCUT2D eigenvalue weighted by atomic mass is 10.2. The van der Waals surface area contributed by atoms with E-state index in [1.54, 1.807) is 6.07 Å². The van der Waals surface area contributed by atoms with E-state index in [-0.39, 0.29) is 5.54 Å². The van der Waals surface area contributed by atoms with Crippen LogP contribution in [-0.2, 0) is 5.54 Å². The van der Waals surface area contributed by atoms with Crippen LogP contribution in [0.15, 0.2) is 12.1 Å². The predicted molar refractivity (Wildman–Crippen MR) is 46.4 cm³/mol. The molecular weight excluding hydrogens is 174 g/mol. The summed E-state index contributed by atoms with van der Waals surface area (Å²) < 4.78 is 0. The minimum atomic E-state index is -0.865. The summed E-state index contributed by atoms with van der Waals surface area (Å²) in [5.74, 6) is -0.865. The van der Waals surface area contributed by atoms with Crippen LogP contribution in [0.2, 0.25) is 0 Å². The van der Waals surface area contributed by atoms with Crippen LogP contribution < -0.4 is 5.73 Å². The fourth-order valence-corrected chi connectivity index (χ4v) is 2.11. The normalized spacial score (nSPS) is 19.1. The van der Waals surface area contributed by atoms with E-state index < -0.39 is 5.97 Å². The molecule has 0 radical (unpaired) electrons. The molecule has 0 bridgehead atoms. The molecule has 0 amide bonds. The van der Waals surface area contributed by atoms with Crippen molar-refractivity contribution in [3.63, 3.8) is 0 Å². The Morgan fingerprint density at radius 2 is 2.25 bits per heavy atom. The second-order valence-corrected chi connectivity index (χ2v) is 4.21. The zero-order valence-corrected chi connectivity index (χ0v) is 7.23. The lowest BCUT2D eigenvalue weighted by Gasteiger charge is -2.02. The summed E-state index contributed by atoms with van der Waals surface area (Å²) in [6.07, 6.45) is 1.96. The van der Waals surface area contributed by atoms with Gasteiger partial charge in [0.05, 0.1) is 5.54 Å². The van der Waals surface area contributed by atoms with E-state index in [2.05, 4.69) is 0 Å². The molecule has 0 saturated heterocycles. The Kier molecular flexibility index (Phi) is 1.49. The van der Waals surface area contributed by atoms with Gasteiger partial charge in [0, 0.05) is 4.88 Å². The van der Waals surface area contributed by atoms with Gasteiger partial charge in [0.1, 0.15) is 4.88 Å². The van der Waals surface area contributed by atoms with Crippen molar-refractivity contribution in [2.45, 2.75) is 18.4 Å². The first-order valence-electron chi connectivity index (χ1n) is 3.74. The molecule has 0 aromatic carbocycles. The van der Waals surface area contributed by atoms with E-state index in [1.165, 1.54) is 11.3 Å². The summed E-state index contributed by atoms with van der Waals surface area (Å²) >= 11 is 1.29. The first-order chi connectivity index (χ1) is 5.62. The van der Waals surface area contributed by atoms with E-state index in [9.17, 15) is 4.79 Å². The number of rotatable bonds is 2. The molecular formula is C8H9NO2S. The fourth-order valence-electron chi connectivity index (χ4n) is 1.10. The molecule has 2 rings (SSSR count). The first kappa shape index (κ1) is 7.76. The van der Waals surface area contributed by atoms with Crippen molar-refractivity contribution in [3.8, 4) is 0 Å². The molecule has 0 atom stereocenters. The summed E-state index contributed by atoms with van der Waals surface area (Å²) in [6.45, 7) is 0. The van der Waals surface area contributed by atoms with Crippen LogP contribution in [0.4, 0.5) is 0 Å². The smallest absolute Gasteiger partial charge is 0.345 e. The van der Waals surface area contributed by atoms with Crippen LogP contribution in [0.5, 0.6) is 0 Å². The van der Waals surface area contributed by atoms with Crippen molar-refractivity contribution in [2.24, 2.45) is 5.73 Å². The van der Waals surface area contributed by atoms with E-state index in [0.29, 0.717) is 4.88 Å². The van der Waals surface area contributed by atoms with Gasteiger partial charge in [-0.15, -0.1) is 11.3 Å². The van der Waals surface area contributed by atoms with Crippen molar-refractivity contribution >= 4 is 17.3 Å². The largest absolute Gasteiger partial charge is 0.477 e. The maximum absolute atomic E-state index is 10.5. The van der Waals surface area contributed by atoms with E-state index in [0.717, 1.165) is 17.7 Å². The third-order valence-electron chi connectivity index (χ3n) is 2.10. The Balaban J connectivity index is 2.30. The first-order valence-corrected chi connectivity index (χ1v) is 4.56. The van der Waals surface area contributed by atoms with Crippen LogP contribution in [0.1, 0.15) is 27.4 Å². The van der Waals surface area contributed by atoms with Crippen molar-refractivity contribution in [2.75, 3.05) is 0 Å². The van der Waals surface area contributed by atoms with Crippen LogP contribution in [0.25, 0.3) is 0 Å².